The highest BCUT2D eigenvalue weighted by atomic mass is 16.6. The molecule has 5 heteroatoms. The van der Waals surface area contributed by atoms with Gasteiger partial charge in [0, 0.05) is 30.1 Å². The molecular formula is C23H24N2O3. The Bertz CT molecular complexity index is 915. The summed E-state index contributed by atoms with van der Waals surface area (Å²) in [6.07, 6.45) is 11.0. The molecule has 1 amide bonds. The lowest BCUT2D eigenvalue weighted by Crippen LogP contribution is -2.32. The Kier molecular flexibility index (Phi) is 5.71. The van der Waals surface area contributed by atoms with Crippen LogP contribution in [0.25, 0.3) is 22.5 Å². The van der Waals surface area contributed by atoms with Gasteiger partial charge in [0.2, 0.25) is 0 Å². The van der Waals surface area contributed by atoms with Crippen LogP contribution in [0.3, 0.4) is 0 Å². The second-order valence-corrected chi connectivity index (χ2v) is 7.24. The van der Waals surface area contributed by atoms with Crippen molar-refractivity contribution in [2.75, 3.05) is 6.54 Å². The molecule has 4 rings (SSSR count). The van der Waals surface area contributed by atoms with Gasteiger partial charge in [-0.3, -0.25) is 4.98 Å². The molecular weight excluding hydrogens is 352 g/mol. The third-order valence-electron chi connectivity index (χ3n) is 5.18. The van der Waals surface area contributed by atoms with Gasteiger partial charge >= 0.3 is 6.09 Å². The number of pyridine rings is 1. The van der Waals surface area contributed by atoms with E-state index in [1.54, 1.807) is 24.7 Å². The maximum Gasteiger partial charge on any atom is 0.412 e. The summed E-state index contributed by atoms with van der Waals surface area (Å²) in [4.78, 5) is 16.5. The van der Waals surface area contributed by atoms with Crippen molar-refractivity contribution in [1.29, 1.82) is 0 Å². The molecule has 1 fully saturated rings. The molecule has 0 bridgehead atoms. The minimum atomic E-state index is -0.398. The highest BCUT2D eigenvalue weighted by molar-refractivity contribution is 5.73. The van der Waals surface area contributed by atoms with Gasteiger partial charge in [-0.2, -0.15) is 0 Å². The van der Waals surface area contributed by atoms with Gasteiger partial charge in [0.1, 0.15) is 11.5 Å². The topological polar surface area (TPSA) is 64.4 Å². The van der Waals surface area contributed by atoms with E-state index in [9.17, 15) is 4.79 Å². The first-order valence-electron chi connectivity index (χ1n) is 9.83. The van der Waals surface area contributed by atoms with Crippen molar-refractivity contribution >= 4 is 6.09 Å². The van der Waals surface area contributed by atoms with Crippen molar-refractivity contribution in [2.24, 2.45) is 5.92 Å². The van der Waals surface area contributed by atoms with Crippen molar-refractivity contribution in [3.8, 4) is 28.2 Å². The Morgan fingerprint density at radius 2 is 1.89 bits per heavy atom. The standard InChI is InChI=1S/C23H24N2O3/c26-23(25-14-17-6-2-1-3-7-17)28-21-9-4-8-18(13-21)19-12-20(16-24-15-19)22-10-5-11-27-22/h4-5,8-13,15-17H,1-3,6-7,14H2,(H,25,26). The molecule has 0 aliphatic heterocycles. The lowest BCUT2D eigenvalue weighted by atomic mass is 9.89. The summed E-state index contributed by atoms with van der Waals surface area (Å²) >= 11 is 0. The van der Waals surface area contributed by atoms with E-state index < -0.39 is 6.09 Å². The lowest BCUT2D eigenvalue weighted by molar-refractivity contribution is 0.196. The second-order valence-electron chi connectivity index (χ2n) is 7.24. The van der Waals surface area contributed by atoms with Crippen molar-refractivity contribution in [1.82, 2.24) is 10.3 Å². The van der Waals surface area contributed by atoms with Crippen LogP contribution in [0.15, 0.2) is 65.5 Å². The van der Waals surface area contributed by atoms with Crippen molar-refractivity contribution in [2.45, 2.75) is 32.1 Å². The SMILES string of the molecule is O=C(NCC1CCCCC1)Oc1cccc(-c2cncc(-c3ccco3)c2)c1. The lowest BCUT2D eigenvalue weighted by Gasteiger charge is -2.21. The molecule has 0 unspecified atom stereocenters. The highest BCUT2D eigenvalue weighted by Gasteiger charge is 2.15. The van der Waals surface area contributed by atoms with Crippen LogP contribution in [0.1, 0.15) is 32.1 Å². The third-order valence-corrected chi connectivity index (χ3v) is 5.18. The fourth-order valence-corrected chi connectivity index (χ4v) is 3.68. The molecule has 5 nitrogen and oxygen atoms in total. The maximum atomic E-state index is 12.2. The Morgan fingerprint density at radius 1 is 1.04 bits per heavy atom. The summed E-state index contributed by atoms with van der Waals surface area (Å²) in [5, 5.41) is 2.90. The Hall–Kier alpha value is -3.08. The molecule has 3 aromatic rings. The van der Waals surface area contributed by atoms with Crippen molar-refractivity contribution in [3.05, 3.63) is 61.1 Å². The van der Waals surface area contributed by atoms with Crippen LogP contribution in [-0.2, 0) is 0 Å². The number of rotatable bonds is 5. The average molecular weight is 376 g/mol. The first-order valence-corrected chi connectivity index (χ1v) is 9.83. The number of carbonyl (C=O) groups is 1. The summed E-state index contributed by atoms with van der Waals surface area (Å²) in [6, 6.07) is 13.2. The number of hydrogen-bond acceptors (Lipinski definition) is 4. The Labute approximate surface area is 164 Å². The molecule has 0 spiro atoms. The predicted octanol–water partition coefficient (Wildman–Crippen LogP) is 5.68. The first-order chi connectivity index (χ1) is 13.8. The summed E-state index contributed by atoms with van der Waals surface area (Å²) in [6.45, 7) is 0.688. The smallest absolute Gasteiger partial charge is 0.412 e. The molecule has 0 saturated heterocycles. The highest BCUT2D eigenvalue weighted by Crippen LogP contribution is 2.28. The van der Waals surface area contributed by atoms with E-state index in [4.69, 9.17) is 9.15 Å². The molecule has 144 valence electrons. The second kappa shape index (κ2) is 8.74. The number of benzene rings is 1. The van der Waals surface area contributed by atoms with Crippen LogP contribution in [0.5, 0.6) is 5.75 Å². The third kappa shape index (κ3) is 4.60. The van der Waals surface area contributed by atoms with Crippen LogP contribution in [-0.4, -0.2) is 17.6 Å². The zero-order valence-corrected chi connectivity index (χ0v) is 15.8. The average Bonchev–Trinajstić information content (AvgIpc) is 3.28. The van der Waals surface area contributed by atoms with Crippen molar-refractivity contribution < 1.29 is 13.9 Å². The maximum absolute atomic E-state index is 12.2. The summed E-state index contributed by atoms with van der Waals surface area (Å²) in [7, 11) is 0. The molecule has 1 aliphatic carbocycles. The molecule has 1 N–H and O–H groups in total. The molecule has 1 saturated carbocycles. The first kappa shape index (κ1) is 18.3. The number of hydrogen-bond donors (Lipinski definition) is 1. The summed E-state index contributed by atoms with van der Waals surface area (Å²) in [5.41, 5.74) is 2.76. The number of amides is 1. The number of carbonyl (C=O) groups excluding carboxylic acids is 1. The van der Waals surface area contributed by atoms with E-state index in [2.05, 4.69) is 10.3 Å². The molecule has 1 aromatic carbocycles. The number of nitrogens with zero attached hydrogens (tertiary/aromatic N) is 1. The van der Waals surface area contributed by atoms with Crippen LogP contribution in [0.4, 0.5) is 4.79 Å². The van der Waals surface area contributed by atoms with E-state index in [1.165, 1.54) is 32.1 Å². The van der Waals surface area contributed by atoms with Crippen molar-refractivity contribution in [3.63, 3.8) is 0 Å². The molecule has 2 heterocycles. The van der Waals surface area contributed by atoms with E-state index in [0.717, 1.165) is 22.5 Å². The summed E-state index contributed by atoms with van der Waals surface area (Å²) < 4.78 is 10.9. The zero-order chi connectivity index (χ0) is 19.2. The fraction of sp³-hybridized carbons (Fsp3) is 0.304. The fourth-order valence-electron chi connectivity index (χ4n) is 3.68. The van der Waals surface area contributed by atoms with E-state index >= 15 is 0 Å². The van der Waals surface area contributed by atoms with Gasteiger partial charge in [0.25, 0.3) is 0 Å². The number of nitrogens with one attached hydrogen (secondary N) is 1. The molecule has 28 heavy (non-hydrogen) atoms. The quantitative estimate of drug-likeness (QED) is 0.622. The summed E-state index contributed by atoms with van der Waals surface area (Å²) in [5.74, 6) is 1.86. The molecule has 0 radical (unpaired) electrons. The molecule has 1 aliphatic rings. The largest absolute Gasteiger partial charge is 0.464 e. The van der Waals surface area contributed by atoms with Crippen LogP contribution < -0.4 is 10.1 Å². The van der Waals surface area contributed by atoms with E-state index in [-0.39, 0.29) is 0 Å². The zero-order valence-electron chi connectivity index (χ0n) is 15.8. The van der Waals surface area contributed by atoms with Gasteiger partial charge in [-0.05, 0) is 54.7 Å². The Morgan fingerprint density at radius 3 is 2.71 bits per heavy atom. The minimum absolute atomic E-state index is 0.398. The van der Waals surface area contributed by atoms with E-state index in [1.807, 2.05) is 36.4 Å². The predicted molar refractivity (Wildman–Crippen MR) is 108 cm³/mol. The van der Waals surface area contributed by atoms with Gasteiger partial charge < -0.3 is 14.5 Å². The van der Waals surface area contributed by atoms with Gasteiger partial charge in [-0.1, -0.05) is 31.4 Å². The molecule has 0 atom stereocenters. The van der Waals surface area contributed by atoms with Crippen LogP contribution in [0, 0.1) is 5.92 Å². The van der Waals surface area contributed by atoms with Gasteiger partial charge in [0.15, 0.2) is 0 Å². The normalized spacial score (nSPS) is 14.6. The number of ether oxygens (including phenoxy) is 1. The van der Waals surface area contributed by atoms with Gasteiger partial charge in [0.05, 0.1) is 6.26 Å². The number of furan rings is 1. The van der Waals surface area contributed by atoms with Crippen LogP contribution in [0.2, 0.25) is 0 Å². The monoisotopic (exact) mass is 376 g/mol. The minimum Gasteiger partial charge on any atom is -0.464 e. The van der Waals surface area contributed by atoms with Gasteiger partial charge in [-0.25, -0.2) is 4.79 Å². The Balaban J connectivity index is 1.41. The molecule has 2 aromatic heterocycles. The van der Waals surface area contributed by atoms with Gasteiger partial charge in [-0.15, -0.1) is 0 Å². The van der Waals surface area contributed by atoms with E-state index in [0.29, 0.717) is 18.2 Å². The number of aromatic nitrogens is 1. The van der Waals surface area contributed by atoms with Crippen LogP contribution >= 0.6 is 0 Å².